The zero-order chi connectivity index (χ0) is 8.32. The second kappa shape index (κ2) is 3.23. The summed E-state index contributed by atoms with van der Waals surface area (Å²) < 4.78 is 0. The number of rotatable bonds is 1. The molecule has 1 N–H and O–H groups in total. The smallest absolute Gasteiger partial charge is 0.0686 e. The summed E-state index contributed by atoms with van der Waals surface area (Å²) in [6, 6.07) is 2.38. The second-order valence-electron chi connectivity index (χ2n) is 3.86. The molecule has 1 aliphatic heterocycles. The van der Waals surface area contributed by atoms with E-state index in [-0.39, 0.29) is 5.41 Å². The molecule has 0 amide bonds. The Labute approximate surface area is 68.6 Å². The van der Waals surface area contributed by atoms with Gasteiger partial charge in [-0.1, -0.05) is 0 Å². The summed E-state index contributed by atoms with van der Waals surface area (Å²) in [6.45, 7) is 6.25. The van der Waals surface area contributed by atoms with Crippen LogP contribution in [0.4, 0.5) is 0 Å². The SMILES string of the molecule is CC(C)(C#N)C1CCNCC1. The fourth-order valence-corrected chi connectivity index (χ4v) is 1.63. The van der Waals surface area contributed by atoms with E-state index >= 15 is 0 Å². The predicted octanol–water partition coefficient (Wildman–Crippen LogP) is 1.54. The lowest BCUT2D eigenvalue weighted by Crippen LogP contribution is -2.34. The number of nitrogens with one attached hydrogen (secondary N) is 1. The molecule has 1 aliphatic rings. The van der Waals surface area contributed by atoms with Gasteiger partial charge in [-0.3, -0.25) is 0 Å². The Kier molecular flexibility index (Phi) is 2.51. The molecule has 0 bridgehead atoms. The molecule has 0 saturated carbocycles. The number of hydrogen-bond donors (Lipinski definition) is 1. The van der Waals surface area contributed by atoms with Crippen LogP contribution in [0.5, 0.6) is 0 Å². The molecule has 2 heteroatoms. The van der Waals surface area contributed by atoms with Gasteiger partial charge in [0, 0.05) is 0 Å². The van der Waals surface area contributed by atoms with Crippen molar-refractivity contribution in [1.29, 1.82) is 5.26 Å². The molecule has 0 aromatic rings. The van der Waals surface area contributed by atoms with Crippen molar-refractivity contribution >= 4 is 0 Å². The van der Waals surface area contributed by atoms with Gasteiger partial charge in [0.15, 0.2) is 0 Å². The molecule has 0 aliphatic carbocycles. The molecule has 2 nitrogen and oxygen atoms in total. The number of hydrogen-bond acceptors (Lipinski definition) is 2. The summed E-state index contributed by atoms with van der Waals surface area (Å²) in [6.07, 6.45) is 2.31. The summed E-state index contributed by atoms with van der Waals surface area (Å²) in [5, 5.41) is 12.2. The average molecular weight is 152 g/mol. The maximum Gasteiger partial charge on any atom is 0.0686 e. The van der Waals surface area contributed by atoms with E-state index in [9.17, 15) is 0 Å². The van der Waals surface area contributed by atoms with E-state index < -0.39 is 0 Å². The quantitative estimate of drug-likeness (QED) is 0.618. The van der Waals surface area contributed by atoms with E-state index in [1.807, 2.05) is 13.8 Å². The third-order valence-electron chi connectivity index (χ3n) is 2.65. The Morgan fingerprint density at radius 3 is 2.36 bits per heavy atom. The van der Waals surface area contributed by atoms with Crippen molar-refractivity contribution < 1.29 is 0 Å². The monoisotopic (exact) mass is 152 g/mol. The fourth-order valence-electron chi connectivity index (χ4n) is 1.63. The largest absolute Gasteiger partial charge is 0.317 e. The zero-order valence-electron chi connectivity index (χ0n) is 7.35. The first-order chi connectivity index (χ1) is 5.17. The van der Waals surface area contributed by atoms with E-state index in [1.54, 1.807) is 0 Å². The minimum absolute atomic E-state index is 0.123. The zero-order valence-corrected chi connectivity index (χ0v) is 7.35. The van der Waals surface area contributed by atoms with Gasteiger partial charge in [0.1, 0.15) is 0 Å². The van der Waals surface area contributed by atoms with Gasteiger partial charge in [-0.25, -0.2) is 0 Å². The van der Waals surface area contributed by atoms with Crippen molar-refractivity contribution in [2.24, 2.45) is 11.3 Å². The Morgan fingerprint density at radius 2 is 1.91 bits per heavy atom. The van der Waals surface area contributed by atoms with Crippen LogP contribution in [-0.2, 0) is 0 Å². The van der Waals surface area contributed by atoms with E-state index in [1.165, 1.54) is 0 Å². The summed E-state index contributed by atoms with van der Waals surface area (Å²) in [4.78, 5) is 0. The lowest BCUT2D eigenvalue weighted by Gasteiger charge is -2.31. The molecule has 0 aromatic heterocycles. The van der Waals surface area contributed by atoms with E-state index in [0.717, 1.165) is 25.9 Å². The molecule has 1 fully saturated rings. The topological polar surface area (TPSA) is 35.8 Å². The van der Waals surface area contributed by atoms with Crippen LogP contribution >= 0.6 is 0 Å². The second-order valence-corrected chi connectivity index (χ2v) is 3.86. The molecular formula is C9H16N2. The van der Waals surface area contributed by atoms with Crippen LogP contribution in [0.3, 0.4) is 0 Å². The molecule has 0 radical (unpaired) electrons. The van der Waals surface area contributed by atoms with E-state index in [0.29, 0.717) is 5.92 Å². The van der Waals surface area contributed by atoms with Crippen LogP contribution in [-0.4, -0.2) is 13.1 Å². The van der Waals surface area contributed by atoms with Gasteiger partial charge in [0.05, 0.1) is 11.5 Å². The molecule has 1 heterocycles. The van der Waals surface area contributed by atoms with Gasteiger partial charge in [0.25, 0.3) is 0 Å². The maximum atomic E-state index is 8.88. The van der Waals surface area contributed by atoms with Gasteiger partial charge >= 0.3 is 0 Å². The van der Waals surface area contributed by atoms with Gasteiger partial charge in [-0.2, -0.15) is 5.26 Å². The fraction of sp³-hybridized carbons (Fsp3) is 0.889. The Morgan fingerprint density at radius 1 is 1.36 bits per heavy atom. The Balaban J connectivity index is 2.52. The van der Waals surface area contributed by atoms with E-state index in [2.05, 4.69) is 11.4 Å². The standard InChI is InChI=1S/C9H16N2/c1-9(2,7-10)8-3-5-11-6-4-8/h8,11H,3-6H2,1-2H3. The molecule has 0 atom stereocenters. The van der Waals surface area contributed by atoms with Crippen molar-refractivity contribution in [3.05, 3.63) is 0 Å². The molecule has 0 aromatic carbocycles. The lowest BCUT2D eigenvalue weighted by molar-refractivity contribution is 0.228. The van der Waals surface area contributed by atoms with Crippen molar-refractivity contribution in [2.45, 2.75) is 26.7 Å². The minimum atomic E-state index is -0.123. The Bertz CT molecular complexity index is 161. The van der Waals surface area contributed by atoms with Crippen molar-refractivity contribution in [3.63, 3.8) is 0 Å². The van der Waals surface area contributed by atoms with Gasteiger partial charge < -0.3 is 5.32 Å². The normalized spacial score (nSPS) is 21.2. The van der Waals surface area contributed by atoms with Crippen molar-refractivity contribution in [3.8, 4) is 6.07 Å². The molecule has 0 spiro atoms. The minimum Gasteiger partial charge on any atom is -0.317 e. The van der Waals surface area contributed by atoms with Crippen LogP contribution in [0.2, 0.25) is 0 Å². The number of piperidine rings is 1. The first-order valence-corrected chi connectivity index (χ1v) is 4.29. The van der Waals surface area contributed by atoms with Gasteiger partial charge in [-0.05, 0) is 45.7 Å². The maximum absolute atomic E-state index is 8.88. The average Bonchev–Trinajstić information content (AvgIpc) is 2.06. The predicted molar refractivity (Wildman–Crippen MR) is 45.0 cm³/mol. The lowest BCUT2D eigenvalue weighted by atomic mass is 9.75. The van der Waals surface area contributed by atoms with E-state index in [4.69, 9.17) is 5.26 Å². The summed E-state index contributed by atoms with van der Waals surface area (Å²) in [5.74, 6) is 0.591. The highest BCUT2D eigenvalue weighted by Gasteiger charge is 2.29. The number of nitrogens with zero attached hydrogens (tertiary/aromatic N) is 1. The number of nitriles is 1. The summed E-state index contributed by atoms with van der Waals surface area (Å²) in [7, 11) is 0. The van der Waals surface area contributed by atoms with Crippen LogP contribution in [0, 0.1) is 22.7 Å². The van der Waals surface area contributed by atoms with Crippen LogP contribution < -0.4 is 5.32 Å². The molecule has 0 unspecified atom stereocenters. The first-order valence-electron chi connectivity index (χ1n) is 4.29. The van der Waals surface area contributed by atoms with Crippen LogP contribution in [0.25, 0.3) is 0 Å². The summed E-state index contributed by atoms with van der Waals surface area (Å²) >= 11 is 0. The third-order valence-corrected chi connectivity index (χ3v) is 2.65. The molecular weight excluding hydrogens is 136 g/mol. The van der Waals surface area contributed by atoms with Crippen LogP contribution in [0.15, 0.2) is 0 Å². The highest BCUT2D eigenvalue weighted by atomic mass is 14.9. The van der Waals surface area contributed by atoms with Crippen molar-refractivity contribution in [1.82, 2.24) is 5.32 Å². The third kappa shape index (κ3) is 1.94. The van der Waals surface area contributed by atoms with Crippen molar-refractivity contribution in [2.75, 3.05) is 13.1 Å². The summed E-state index contributed by atoms with van der Waals surface area (Å²) in [5.41, 5.74) is -0.123. The van der Waals surface area contributed by atoms with Crippen LogP contribution in [0.1, 0.15) is 26.7 Å². The first kappa shape index (κ1) is 8.55. The Hall–Kier alpha value is -0.550. The molecule has 62 valence electrons. The van der Waals surface area contributed by atoms with Gasteiger partial charge in [-0.15, -0.1) is 0 Å². The van der Waals surface area contributed by atoms with Gasteiger partial charge in [0.2, 0.25) is 0 Å². The molecule has 1 saturated heterocycles. The molecule has 11 heavy (non-hydrogen) atoms. The highest BCUT2D eigenvalue weighted by molar-refractivity contribution is 4.97. The molecule has 1 rings (SSSR count). The highest BCUT2D eigenvalue weighted by Crippen LogP contribution is 2.32.